The van der Waals surface area contributed by atoms with Crippen LogP contribution in [0, 0.1) is 5.82 Å². The Morgan fingerprint density at radius 1 is 0.964 bits per heavy atom. The third kappa shape index (κ3) is 5.25. The van der Waals surface area contributed by atoms with Crippen LogP contribution in [0.15, 0.2) is 88.2 Å². The number of carbonyl (C=O) groups is 2. The van der Waals surface area contributed by atoms with Gasteiger partial charge in [-0.3, -0.25) is 9.59 Å². The summed E-state index contributed by atoms with van der Waals surface area (Å²) in [6.45, 7) is 0. The molecule has 2 amide bonds. The topological polar surface area (TPSA) is 83.7 Å². The van der Waals surface area contributed by atoms with Gasteiger partial charge in [0, 0.05) is 11.6 Å². The average molecular weight is 377 g/mol. The Labute approximate surface area is 160 Å². The molecule has 1 heterocycles. The van der Waals surface area contributed by atoms with Gasteiger partial charge < -0.3 is 9.73 Å². The number of amides is 2. The van der Waals surface area contributed by atoms with E-state index in [-0.39, 0.29) is 11.5 Å². The molecule has 0 saturated heterocycles. The van der Waals surface area contributed by atoms with E-state index >= 15 is 0 Å². The van der Waals surface area contributed by atoms with Crippen LogP contribution in [0.25, 0.3) is 6.08 Å². The number of furan rings is 1. The third-order valence-corrected chi connectivity index (χ3v) is 3.61. The third-order valence-electron chi connectivity index (χ3n) is 3.61. The Morgan fingerprint density at radius 2 is 1.71 bits per heavy atom. The summed E-state index contributed by atoms with van der Waals surface area (Å²) in [7, 11) is 0. The molecule has 0 aliphatic rings. The van der Waals surface area contributed by atoms with E-state index in [0.29, 0.717) is 16.9 Å². The minimum Gasteiger partial charge on any atom is -0.465 e. The second-order valence-corrected chi connectivity index (χ2v) is 5.64. The second kappa shape index (κ2) is 9.09. The molecule has 2 N–H and O–H groups in total. The molecular weight excluding hydrogens is 361 g/mol. The molecule has 0 bridgehead atoms. The molecule has 7 heteroatoms. The molecule has 2 aromatic carbocycles. The standard InChI is InChI=1S/C21H16FN3O3/c22-17-10-8-15(9-11-17)14-23-25-21(27)19(13-18-7-4-12-28-18)24-20(26)16-5-2-1-3-6-16/h1-14H,(H,24,26)(H,25,27). The van der Waals surface area contributed by atoms with Gasteiger partial charge in [0.1, 0.15) is 17.3 Å². The van der Waals surface area contributed by atoms with Gasteiger partial charge in [0.05, 0.1) is 12.5 Å². The van der Waals surface area contributed by atoms with Gasteiger partial charge in [-0.1, -0.05) is 30.3 Å². The number of benzene rings is 2. The lowest BCUT2D eigenvalue weighted by Crippen LogP contribution is -2.32. The Bertz CT molecular complexity index is 995. The number of nitrogens with one attached hydrogen (secondary N) is 2. The van der Waals surface area contributed by atoms with Gasteiger partial charge in [-0.2, -0.15) is 5.10 Å². The largest absolute Gasteiger partial charge is 0.465 e. The zero-order chi connectivity index (χ0) is 19.8. The molecule has 0 aliphatic carbocycles. The molecule has 6 nitrogen and oxygen atoms in total. The molecule has 0 spiro atoms. The molecule has 0 fully saturated rings. The molecule has 28 heavy (non-hydrogen) atoms. The van der Waals surface area contributed by atoms with Gasteiger partial charge in [-0.25, -0.2) is 9.82 Å². The molecule has 3 aromatic rings. The first-order chi connectivity index (χ1) is 13.6. The minimum atomic E-state index is -0.640. The van der Waals surface area contributed by atoms with Crippen molar-refractivity contribution < 1.29 is 18.4 Å². The molecule has 0 aliphatic heterocycles. The number of halogens is 1. The smallest absolute Gasteiger partial charge is 0.288 e. The summed E-state index contributed by atoms with van der Waals surface area (Å²) < 4.78 is 18.1. The first-order valence-corrected chi connectivity index (χ1v) is 8.32. The Kier molecular flexibility index (Phi) is 6.10. The first-order valence-electron chi connectivity index (χ1n) is 8.32. The highest BCUT2D eigenvalue weighted by molar-refractivity contribution is 6.05. The lowest BCUT2D eigenvalue weighted by Gasteiger charge is -2.08. The van der Waals surface area contributed by atoms with Crippen LogP contribution in [0.4, 0.5) is 4.39 Å². The second-order valence-electron chi connectivity index (χ2n) is 5.64. The van der Waals surface area contributed by atoms with E-state index in [9.17, 15) is 14.0 Å². The maximum Gasteiger partial charge on any atom is 0.288 e. The van der Waals surface area contributed by atoms with Crippen LogP contribution in [0.2, 0.25) is 0 Å². The summed E-state index contributed by atoms with van der Waals surface area (Å²) in [6, 6.07) is 17.4. The van der Waals surface area contributed by atoms with E-state index in [0.717, 1.165) is 0 Å². The van der Waals surface area contributed by atoms with Crippen LogP contribution >= 0.6 is 0 Å². The predicted octanol–water partition coefficient (Wildman–Crippen LogP) is 3.34. The average Bonchev–Trinajstić information content (AvgIpc) is 3.22. The highest BCUT2D eigenvalue weighted by Crippen LogP contribution is 2.08. The SMILES string of the molecule is O=C(NN=Cc1ccc(F)cc1)C(=Cc1ccco1)NC(=O)c1ccccc1. The summed E-state index contributed by atoms with van der Waals surface area (Å²) in [5, 5.41) is 6.39. The minimum absolute atomic E-state index is 0.0416. The van der Waals surface area contributed by atoms with E-state index in [4.69, 9.17) is 4.42 Å². The summed E-state index contributed by atoms with van der Waals surface area (Å²) in [6.07, 6.45) is 4.21. The van der Waals surface area contributed by atoms with Crippen LogP contribution < -0.4 is 10.7 Å². The van der Waals surface area contributed by atoms with Crippen LogP contribution in [0.5, 0.6) is 0 Å². The van der Waals surface area contributed by atoms with Crippen molar-refractivity contribution in [2.75, 3.05) is 0 Å². The predicted molar refractivity (Wildman–Crippen MR) is 103 cm³/mol. The summed E-state index contributed by atoms with van der Waals surface area (Å²) >= 11 is 0. The molecule has 0 radical (unpaired) electrons. The number of hydrogen-bond acceptors (Lipinski definition) is 4. The maximum atomic E-state index is 12.9. The molecule has 1 aromatic heterocycles. The van der Waals surface area contributed by atoms with Crippen molar-refractivity contribution in [2.24, 2.45) is 5.10 Å². The van der Waals surface area contributed by atoms with E-state index < -0.39 is 11.8 Å². The molecular formula is C21H16FN3O3. The van der Waals surface area contributed by atoms with Gasteiger partial charge in [0.25, 0.3) is 11.8 Å². The zero-order valence-electron chi connectivity index (χ0n) is 14.6. The van der Waals surface area contributed by atoms with Crippen molar-refractivity contribution in [2.45, 2.75) is 0 Å². The highest BCUT2D eigenvalue weighted by Gasteiger charge is 2.14. The highest BCUT2D eigenvalue weighted by atomic mass is 19.1. The molecule has 0 saturated carbocycles. The van der Waals surface area contributed by atoms with Gasteiger partial charge in [-0.05, 0) is 42.0 Å². The van der Waals surface area contributed by atoms with Gasteiger partial charge in [0.15, 0.2) is 0 Å². The van der Waals surface area contributed by atoms with Crippen molar-refractivity contribution in [1.82, 2.24) is 10.7 Å². The van der Waals surface area contributed by atoms with Crippen LogP contribution in [0.1, 0.15) is 21.7 Å². The lowest BCUT2D eigenvalue weighted by molar-refractivity contribution is -0.117. The van der Waals surface area contributed by atoms with Crippen LogP contribution in [-0.2, 0) is 4.79 Å². The number of nitrogens with zero attached hydrogens (tertiary/aromatic N) is 1. The zero-order valence-corrected chi connectivity index (χ0v) is 14.6. The van der Waals surface area contributed by atoms with Crippen molar-refractivity contribution in [3.05, 3.63) is 101 Å². The van der Waals surface area contributed by atoms with E-state index in [2.05, 4.69) is 15.8 Å². The lowest BCUT2D eigenvalue weighted by atomic mass is 10.2. The normalized spacial score (nSPS) is 11.4. The Morgan fingerprint density at radius 3 is 2.39 bits per heavy atom. The van der Waals surface area contributed by atoms with Crippen molar-refractivity contribution in [1.29, 1.82) is 0 Å². The van der Waals surface area contributed by atoms with Crippen molar-refractivity contribution >= 4 is 24.1 Å². The molecule has 0 unspecified atom stereocenters. The molecule has 140 valence electrons. The Hall–Kier alpha value is -4.00. The fourth-order valence-electron chi connectivity index (χ4n) is 2.23. The van der Waals surface area contributed by atoms with E-state index in [1.54, 1.807) is 42.5 Å². The number of hydrogen-bond donors (Lipinski definition) is 2. The first kappa shape index (κ1) is 18.8. The van der Waals surface area contributed by atoms with Gasteiger partial charge in [0.2, 0.25) is 0 Å². The van der Waals surface area contributed by atoms with Gasteiger partial charge in [-0.15, -0.1) is 0 Å². The van der Waals surface area contributed by atoms with E-state index in [1.165, 1.54) is 42.8 Å². The quantitative estimate of drug-likeness (QED) is 0.393. The Balaban J connectivity index is 1.73. The number of hydrazone groups is 1. The fourth-order valence-corrected chi connectivity index (χ4v) is 2.23. The number of rotatable bonds is 6. The van der Waals surface area contributed by atoms with Crippen molar-refractivity contribution in [3.63, 3.8) is 0 Å². The van der Waals surface area contributed by atoms with E-state index in [1.807, 2.05) is 0 Å². The number of carbonyl (C=O) groups excluding carboxylic acids is 2. The summed E-state index contributed by atoms with van der Waals surface area (Å²) in [5.41, 5.74) is 3.29. The fraction of sp³-hybridized carbons (Fsp3) is 0. The molecule has 3 rings (SSSR count). The van der Waals surface area contributed by atoms with Crippen molar-refractivity contribution in [3.8, 4) is 0 Å². The van der Waals surface area contributed by atoms with Crippen LogP contribution in [-0.4, -0.2) is 18.0 Å². The molecule has 0 atom stereocenters. The summed E-state index contributed by atoms with van der Waals surface area (Å²) in [4.78, 5) is 24.8. The summed E-state index contributed by atoms with van der Waals surface area (Å²) in [5.74, 6) is -1.07. The van der Waals surface area contributed by atoms with Crippen LogP contribution in [0.3, 0.4) is 0 Å². The maximum absolute atomic E-state index is 12.9. The monoisotopic (exact) mass is 377 g/mol. The van der Waals surface area contributed by atoms with Gasteiger partial charge >= 0.3 is 0 Å².